The van der Waals surface area contributed by atoms with Crippen molar-refractivity contribution in [1.82, 2.24) is 19.6 Å². The standard InChI is InChI=1S/C32H32Cl2N4O8/c1-21(35-15-27(39)37(28(40)16-35)19-45-31(43)11-9-23-5-3-7-25(33)13-23)22(2)36-17-29(41)38(30(42)18-36)20-46-32(44)12-10-24-6-4-8-26(34)14-24/h3-14,21-22H,15-20H2,1-2H3. The highest BCUT2D eigenvalue weighted by Gasteiger charge is 2.39. The van der Waals surface area contributed by atoms with E-state index in [2.05, 4.69) is 0 Å². The van der Waals surface area contributed by atoms with Crippen LogP contribution >= 0.6 is 23.2 Å². The van der Waals surface area contributed by atoms with Crippen molar-refractivity contribution in [1.29, 1.82) is 0 Å². The van der Waals surface area contributed by atoms with Gasteiger partial charge in [0.25, 0.3) is 0 Å². The first-order chi connectivity index (χ1) is 21.9. The number of nitrogens with zero attached hydrogens (tertiary/aromatic N) is 4. The number of imide groups is 2. The fourth-order valence-corrected chi connectivity index (χ4v) is 5.20. The summed E-state index contributed by atoms with van der Waals surface area (Å²) in [7, 11) is 0. The highest BCUT2D eigenvalue weighted by Crippen LogP contribution is 2.19. The van der Waals surface area contributed by atoms with Crippen LogP contribution in [0.2, 0.25) is 10.0 Å². The van der Waals surface area contributed by atoms with Crippen LogP contribution in [0.15, 0.2) is 60.7 Å². The largest absolute Gasteiger partial charge is 0.441 e. The van der Waals surface area contributed by atoms with Crippen molar-refractivity contribution < 1.29 is 38.2 Å². The number of esters is 2. The van der Waals surface area contributed by atoms with Crippen LogP contribution in [0.25, 0.3) is 12.2 Å². The quantitative estimate of drug-likeness (QED) is 0.200. The molecule has 0 saturated carbocycles. The van der Waals surface area contributed by atoms with E-state index in [0.29, 0.717) is 21.2 Å². The second-order valence-electron chi connectivity index (χ2n) is 10.7. The maximum atomic E-state index is 12.8. The number of hydrogen-bond donors (Lipinski definition) is 0. The Bertz CT molecular complexity index is 1430. The first kappa shape index (κ1) is 34.5. The van der Waals surface area contributed by atoms with Gasteiger partial charge in [0.1, 0.15) is 0 Å². The lowest BCUT2D eigenvalue weighted by atomic mass is 10.1. The van der Waals surface area contributed by atoms with Gasteiger partial charge in [-0.15, -0.1) is 0 Å². The summed E-state index contributed by atoms with van der Waals surface area (Å²) in [6, 6.07) is 12.9. The number of rotatable bonds is 11. The Morgan fingerprint density at radius 1 is 0.674 bits per heavy atom. The van der Waals surface area contributed by atoms with Crippen molar-refractivity contribution in [3.05, 3.63) is 81.9 Å². The first-order valence-electron chi connectivity index (χ1n) is 14.3. The van der Waals surface area contributed by atoms with E-state index < -0.39 is 61.1 Å². The molecule has 0 aromatic heterocycles. The summed E-state index contributed by atoms with van der Waals surface area (Å²) in [5.41, 5.74) is 1.36. The van der Waals surface area contributed by atoms with Gasteiger partial charge < -0.3 is 9.47 Å². The van der Waals surface area contributed by atoms with E-state index in [4.69, 9.17) is 32.7 Å². The molecule has 4 rings (SSSR count). The minimum absolute atomic E-state index is 0.131. The summed E-state index contributed by atoms with van der Waals surface area (Å²) in [5.74, 6) is -3.67. The first-order valence-corrected chi connectivity index (χ1v) is 15.0. The number of piperazine rings is 2. The Morgan fingerprint density at radius 2 is 1.02 bits per heavy atom. The second kappa shape index (κ2) is 15.8. The normalized spacial score (nSPS) is 18.0. The smallest absolute Gasteiger partial charge is 0.332 e. The Labute approximate surface area is 275 Å². The molecule has 2 atom stereocenters. The van der Waals surface area contributed by atoms with Crippen molar-refractivity contribution in [2.75, 3.05) is 39.6 Å². The third kappa shape index (κ3) is 9.33. The zero-order valence-electron chi connectivity index (χ0n) is 25.1. The van der Waals surface area contributed by atoms with Crippen molar-refractivity contribution in [2.24, 2.45) is 0 Å². The monoisotopic (exact) mass is 670 g/mol. The third-order valence-corrected chi connectivity index (χ3v) is 8.07. The van der Waals surface area contributed by atoms with Gasteiger partial charge in [0, 0.05) is 34.3 Å². The Kier molecular flexibility index (Phi) is 11.8. The molecule has 2 aromatic carbocycles. The SMILES string of the molecule is CC(C(C)N1CC(=O)N(COC(=O)C=Cc2cccc(Cl)c2)C(=O)C1)N1CC(=O)N(COC(=O)C=Cc2cccc(Cl)c2)C(=O)C1. The summed E-state index contributed by atoms with van der Waals surface area (Å²) in [6.07, 6.45) is 5.35. The molecule has 242 valence electrons. The molecule has 2 unspecified atom stereocenters. The third-order valence-electron chi connectivity index (χ3n) is 7.60. The Hall–Kier alpha value is -4.36. The average molecular weight is 672 g/mol. The van der Waals surface area contributed by atoms with Crippen LogP contribution in [0.5, 0.6) is 0 Å². The molecular weight excluding hydrogens is 639 g/mol. The van der Waals surface area contributed by atoms with Crippen LogP contribution in [0.1, 0.15) is 25.0 Å². The van der Waals surface area contributed by atoms with E-state index in [-0.39, 0.29) is 26.2 Å². The molecule has 2 aliphatic rings. The van der Waals surface area contributed by atoms with Gasteiger partial charge in [-0.3, -0.25) is 29.0 Å². The summed E-state index contributed by atoms with van der Waals surface area (Å²) in [6.45, 7) is 2.00. The molecule has 0 N–H and O–H groups in total. The summed E-state index contributed by atoms with van der Waals surface area (Å²) in [5, 5.41) is 1.01. The molecule has 0 spiro atoms. The minimum Gasteiger partial charge on any atom is -0.441 e. The average Bonchev–Trinajstić information content (AvgIpc) is 3.01. The molecule has 0 aliphatic carbocycles. The molecule has 0 bridgehead atoms. The van der Waals surface area contributed by atoms with E-state index in [1.807, 2.05) is 0 Å². The van der Waals surface area contributed by atoms with Crippen LogP contribution in [-0.2, 0) is 38.2 Å². The van der Waals surface area contributed by atoms with E-state index >= 15 is 0 Å². The molecule has 2 heterocycles. The summed E-state index contributed by atoms with van der Waals surface area (Å²) >= 11 is 11.9. The van der Waals surface area contributed by atoms with Crippen LogP contribution in [0.4, 0.5) is 0 Å². The number of amides is 4. The molecular formula is C32H32Cl2N4O8. The molecule has 2 fully saturated rings. The summed E-state index contributed by atoms with van der Waals surface area (Å²) in [4.78, 5) is 80.6. The molecule has 2 aliphatic heterocycles. The summed E-state index contributed by atoms with van der Waals surface area (Å²) < 4.78 is 10.2. The second-order valence-corrected chi connectivity index (χ2v) is 11.6. The molecule has 2 saturated heterocycles. The van der Waals surface area contributed by atoms with Gasteiger partial charge in [0.05, 0.1) is 26.2 Å². The van der Waals surface area contributed by atoms with Gasteiger partial charge in [0.15, 0.2) is 13.5 Å². The van der Waals surface area contributed by atoms with Crippen LogP contribution in [0.3, 0.4) is 0 Å². The van der Waals surface area contributed by atoms with Crippen molar-refractivity contribution in [3.8, 4) is 0 Å². The number of halogens is 2. The molecule has 46 heavy (non-hydrogen) atoms. The van der Waals surface area contributed by atoms with Gasteiger partial charge in [-0.1, -0.05) is 47.5 Å². The van der Waals surface area contributed by atoms with Crippen LogP contribution in [-0.4, -0.2) is 107 Å². The number of ether oxygens (including phenoxy) is 2. The van der Waals surface area contributed by atoms with Crippen molar-refractivity contribution in [3.63, 3.8) is 0 Å². The van der Waals surface area contributed by atoms with E-state index in [9.17, 15) is 28.8 Å². The number of carbonyl (C=O) groups excluding carboxylic acids is 6. The Balaban J connectivity index is 1.24. The Morgan fingerprint density at radius 3 is 1.35 bits per heavy atom. The lowest BCUT2D eigenvalue weighted by molar-refractivity contribution is -0.167. The van der Waals surface area contributed by atoms with Crippen molar-refractivity contribution >= 4 is 70.9 Å². The molecule has 4 amide bonds. The highest BCUT2D eigenvalue weighted by atomic mass is 35.5. The predicted octanol–water partition coefficient (Wildman–Crippen LogP) is 2.84. The maximum absolute atomic E-state index is 12.8. The molecule has 2 aromatic rings. The topological polar surface area (TPSA) is 134 Å². The van der Waals surface area contributed by atoms with Crippen LogP contribution < -0.4 is 0 Å². The molecule has 12 nitrogen and oxygen atoms in total. The minimum atomic E-state index is -0.734. The fraction of sp³-hybridized carbons (Fsp3) is 0.312. The number of carbonyl (C=O) groups is 6. The predicted molar refractivity (Wildman–Crippen MR) is 169 cm³/mol. The maximum Gasteiger partial charge on any atom is 0.332 e. The van der Waals surface area contributed by atoms with Gasteiger partial charge in [0.2, 0.25) is 23.6 Å². The van der Waals surface area contributed by atoms with Crippen LogP contribution in [0, 0.1) is 0 Å². The lowest BCUT2D eigenvalue weighted by Gasteiger charge is -2.43. The highest BCUT2D eigenvalue weighted by molar-refractivity contribution is 6.31. The van der Waals surface area contributed by atoms with E-state index in [1.165, 1.54) is 24.3 Å². The zero-order valence-corrected chi connectivity index (χ0v) is 26.6. The number of hydrogen-bond acceptors (Lipinski definition) is 10. The van der Waals surface area contributed by atoms with Crippen molar-refractivity contribution in [2.45, 2.75) is 25.9 Å². The lowest BCUT2D eigenvalue weighted by Crippen LogP contribution is -2.63. The molecule has 14 heteroatoms. The number of benzene rings is 2. The fourth-order valence-electron chi connectivity index (χ4n) is 4.80. The zero-order chi connectivity index (χ0) is 33.4. The van der Waals surface area contributed by atoms with Gasteiger partial charge in [-0.25, -0.2) is 19.4 Å². The van der Waals surface area contributed by atoms with Gasteiger partial charge >= 0.3 is 11.9 Å². The van der Waals surface area contributed by atoms with E-state index in [0.717, 1.165) is 9.80 Å². The molecule has 0 radical (unpaired) electrons. The van der Waals surface area contributed by atoms with Gasteiger partial charge in [-0.2, -0.15) is 0 Å². The van der Waals surface area contributed by atoms with Gasteiger partial charge in [-0.05, 0) is 61.4 Å². The van der Waals surface area contributed by atoms with E-state index in [1.54, 1.807) is 72.2 Å².